The zero-order chi connectivity index (χ0) is 23.1. The number of urea groups is 1. The molecule has 4 N–H and O–H groups in total. The Morgan fingerprint density at radius 1 is 1.16 bits per heavy atom. The molecule has 168 valence electrons. The summed E-state index contributed by atoms with van der Waals surface area (Å²) in [5, 5.41) is 13.0. The van der Waals surface area contributed by atoms with Crippen molar-refractivity contribution in [3.63, 3.8) is 0 Å². The molecular weight excluding hydrogens is 428 g/mol. The van der Waals surface area contributed by atoms with Crippen LogP contribution in [0.2, 0.25) is 0 Å². The number of carboxylic acids is 1. The number of benzene rings is 2. The minimum absolute atomic E-state index is 0.182. The van der Waals surface area contributed by atoms with Crippen molar-refractivity contribution in [1.29, 1.82) is 0 Å². The second kappa shape index (κ2) is 10.8. The fourth-order valence-electron chi connectivity index (χ4n) is 3.44. The molecule has 0 saturated carbocycles. The van der Waals surface area contributed by atoms with E-state index in [0.29, 0.717) is 12.1 Å². The van der Waals surface area contributed by atoms with Gasteiger partial charge < -0.3 is 15.7 Å². The second-order valence-electron chi connectivity index (χ2n) is 7.38. The van der Waals surface area contributed by atoms with E-state index in [0.717, 1.165) is 47.6 Å². The highest BCUT2D eigenvalue weighted by Crippen LogP contribution is 2.33. The first-order valence-corrected chi connectivity index (χ1v) is 11.4. The average molecular weight is 455 g/mol. The van der Waals surface area contributed by atoms with Crippen LogP contribution in [-0.2, 0) is 11.2 Å². The molecule has 1 heterocycles. The average Bonchev–Trinajstić information content (AvgIpc) is 3.03. The molecule has 0 radical (unpaired) electrons. The van der Waals surface area contributed by atoms with Gasteiger partial charge in [-0.25, -0.2) is 15.0 Å². The smallest absolute Gasteiger partial charge is 0.335 e. The van der Waals surface area contributed by atoms with Crippen molar-refractivity contribution in [1.82, 2.24) is 5.43 Å². The number of thioether (sulfide) groups is 1. The van der Waals surface area contributed by atoms with Gasteiger partial charge in [0, 0.05) is 22.8 Å². The molecular formula is C23H26N4O4S. The predicted octanol–water partition coefficient (Wildman–Crippen LogP) is 3.63. The quantitative estimate of drug-likeness (QED) is 0.287. The molecule has 1 aliphatic rings. The molecule has 1 aliphatic heterocycles. The summed E-state index contributed by atoms with van der Waals surface area (Å²) in [6.45, 7) is 2.70. The number of unbranched alkanes of at least 4 members (excludes halogenated alkanes) is 2. The summed E-state index contributed by atoms with van der Waals surface area (Å²) in [6, 6.07) is 11.8. The van der Waals surface area contributed by atoms with E-state index in [1.807, 2.05) is 30.3 Å². The van der Waals surface area contributed by atoms with E-state index in [4.69, 9.17) is 10.8 Å². The van der Waals surface area contributed by atoms with Crippen molar-refractivity contribution >= 4 is 41.1 Å². The number of nitrogens with one attached hydrogen (secondary N) is 1. The van der Waals surface area contributed by atoms with Gasteiger partial charge in [0.2, 0.25) is 0 Å². The molecule has 2 aromatic carbocycles. The number of hydrogen-bond acceptors (Lipinski definition) is 5. The van der Waals surface area contributed by atoms with E-state index in [-0.39, 0.29) is 17.2 Å². The SMILES string of the molecule is CCCCCN1C(=O)/C(=N\NC(N)=O)c2cc(SCCc3ccc(C(=O)O)cc3)ccc21. The highest BCUT2D eigenvalue weighted by molar-refractivity contribution is 7.99. The van der Waals surface area contributed by atoms with E-state index in [1.165, 1.54) is 0 Å². The number of anilines is 1. The lowest BCUT2D eigenvalue weighted by Gasteiger charge is -2.16. The number of amides is 3. The molecule has 0 aliphatic carbocycles. The summed E-state index contributed by atoms with van der Waals surface area (Å²) in [7, 11) is 0. The van der Waals surface area contributed by atoms with Crippen LogP contribution in [-0.4, -0.2) is 41.0 Å². The van der Waals surface area contributed by atoms with Gasteiger partial charge in [-0.2, -0.15) is 5.10 Å². The van der Waals surface area contributed by atoms with Gasteiger partial charge in [0.1, 0.15) is 0 Å². The first-order valence-electron chi connectivity index (χ1n) is 10.4. The van der Waals surface area contributed by atoms with Crippen LogP contribution in [0, 0.1) is 0 Å². The monoisotopic (exact) mass is 454 g/mol. The molecule has 9 heteroatoms. The summed E-state index contributed by atoms with van der Waals surface area (Å²) < 4.78 is 0. The van der Waals surface area contributed by atoms with E-state index < -0.39 is 12.0 Å². The van der Waals surface area contributed by atoms with Gasteiger partial charge in [0.15, 0.2) is 5.71 Å². The molecule has 2 aromatic rings. The summed E-state index contributed by atoms with van der Waals surface area (Å²) in [6.07, 6.45) is 3.73. The number of aryl methyl sites for hydroxylation is 1. The minimum Gasteiger partial charge on any atom is -0.478 e. The molecule has 0 unspecified atom stereocenters. The summed E-state index contributed by atoms with van der Waals surface area (Å²) in [5.41, 5.74) is 10.3. The lowest BCUT2D eigenvalue weighted by molar-refractivity contribution is -0.112. The molecule has 3 rings (SSSR count). The van der Waals surface area contributed by atoms with Crippen molar-refractivity contribution in [2.24, 2.45) is 10.8 Å². The van der Waals surface area contributed by atoms with Crippen molar-refractivity contribution in [3.05, 3.63) is 59.2 Å². The van der Waals surface area contributed by atoms with Crippen LogP contribution in [0.5, 0.6) is 0 Å². The second-order valence-corrected chi connectivity index (χ2v) is 8.55. The lowest BCUT2D eigenvalue weighted by Crippen LogP contribution is -2.33. The highest BCUT2D eigenvalue weighted by atomic mass is 32.2. The molecule has 0 aromatic heterocycles. The van der Waals surface area contributed by atoms with Crippen LogP contribution < -0.4 is 16.1 Å². The number of fused-ring (bicyclic) bond motifs is 1. The van der Waals surface area contributed by atoms with Crippen molar-refractivity contribution < 1.29 is 19.5 Å². The van der Waals surface area contributed by atoms with Crippen LogP contribution in [0.3, 0.4) is 0 Å². The molecule has 0 saturated heterocycles. The van der Waals surface area contributed by atoms with Gasteiger partial charge in [-0.05, 0) is 48.7 Å². The van der Waals surface area contributed by atoms with Crippen molar-refractivity contribution in [2.75, 3.05) is 17.2 Å². The minimum atomic E-state index is -0.939. The molecule has 8 nitrogen and oxygen atoms in total. The van der Waals surface area contributed by atoms with Crippen LogP contribution in [0.4, 0.5) is 10.5 Å². The van der Waals surface area contributed by atoms with Gasteiger partial charge in [-0.1, -0.05) is 31.9 Å². The Bertz CT molecular complexity index is 1040. The van der Waals surface area contributed by atoms with E-state index >= 15 is 0 Å². The third-order valence-electron chi connectivity index (χ3n) is 5.09. The number of primary amides is 1. The van der Waals surface area contributed by atoms with Crippen LogP contribution >= 0.6 is 11.8 Å². The number of rotatable bonds is 10. The molecule has 0 bridgehead atoms. The van der Waals surface area contributed by atoms with E-state index in [9.17, 15) is 14.4 Å². The van der Waals surface area contributed by atoms with Gasteiger partial charge in [-0.15, -0.1) is 11.8 Å². The van der Waals surface area contributed by atoms with Gasteiger partial charge in [0.25, 0.3) is 5.91 Å². The topological polar surface area (TPSA) is 125 Å². The van der Waals surface area contributed by atoms with E-state index in [2.05, 4.69) is 17.5 Å². The molecule has 0 atom stereocenters. The molecule has 32 heavy (non-hydrogen) atoms. The maximum Gasteiger partial charge on any atom is 0.335 e. The Balaban J connectivity index is 1.73. The first kappa shape index (κ1) is 23.3. The first-order chi connectivity index (χ1) is 15.4. The maximum atomic E-state index is 12.9. The zero-order valence-electron chi connectivity index (χ0n) is 17.8. The fraction of sp³-hybridized carbons (Fsp3) is 0.304. The predicted molar refractivity (Wildman–Crippen MR) is 125 cm³/mol. The van der Waals surface area contributed by atoms with Crippen LogP contribution in [0.25, 0.3) is 0 Å². The van der Waals surface area contributed by atoms with Crippen LogP contribution in [0.15, 0.2) is 52.5 Å². The number of aromatic carboxylic acids is 1. The Morgan fingerprint density at radius 2 is 1.91 bits per heavy atom. The summed E-state index contributed by atoms with van der Waals surface area (Å²) in [4.78, 5) is 37.7. The summed E-state index contributed by atoms with van der Waals surface area (Å²) >= 11 is 1.63. The maximum absolute atomic E-state index is 12.9. The third kappa shape index (κ3) is 5.67. The Morgan fingerprint density at radius 3 is 2.56 bits per heavy atom. The highest BCUT2D eigenvalue weighted by Gasteiger charge is 2.34. The zero-order valence-corrected chi connectivity index (χ0v) is 18.7. The Kier molecular flexibility index (Phi) is 7.88. The van der Waals surface area contributed by atoms with Crippen molar-refractivity contribution in [2.45, 2.75) is 37.5 Å². The fourth-order valence-corrected chi connectivity index (χ4v) is 4.38. The third-order valence-corrected chi connectivity index (χ3v) is 6.08. The normalized spacial score (nSPS) is 14.0. The number of hydrazone groups is 1. The molecule has 3 amide bonds. The lowest BCUT2D eigenvalue weighted by atomic mass is 10.1. The number of nitrogens with zero attached hydrogens (tertiary/aromatic N) is 2. The van der Waals surface area contributed by atoms with E-state index in [1.54, 1.807) is 28.8 Å². The largest absolute Gasteiger partial charge is 0.478 e. The van der Waals surface area contributed by atoms with Gasteiger partial charge in [0.05, 0.1) is 11.3 Å². The van der Waals surface area contributed by atoms with Gasteiger partial charge >= 0.3 is 12.0 Å². The standard InChI is InChI=1S/C23H26N4O4S/c1-2-3-4-12-27-19-10-9-17(14-18(19)20(21(27)28)25-26-23(24)31)32-13-11-15-5-7-16(8-6-15)22(29)30/h5-10,14H,2-4,11-13H2,1H3,(H,29,30)(H3,24,26,31)/b25-20-. The molecule has 0 fully saturated rings. The molecule has 0 spiro atoms. The Hall–Kier alpha value is -3.33. The van der Waals surface area contributed by atoms with Gasteiger partial charge in [-0.3, -0.25) is 4.79 Å². The summed E-state index contributed by atoms with van der Waals surface area (Å²) in [5.74, 6) is -0.401. The number of carbonyl (C=O) groups excluding carboxylic acids is 2. The number of hydrogen-bond donors (Lipinski definition) is 3. The van der Waals surface area contributed by atoms with Crippen molar-refractivity contribution in [3.8, 4) is 0 Å². The number of nitrogens with two attached hydrogens (primary N) is 1. The number of carboxylic acid groups (broad SMARTS) is 1. The number of carbonyl (C=O) groups is 3. The van der Waals surface area contributed by atoms with Crippen LogP contribution in [0.1, 0.15) is 47.7 Å². The Labute approximate surface area is 190 Å².